The minimum absolute atomic E-state index is 0.325. The first-order valence-electron chi connectivity index (χ1n) is 6.80. The monoisotopic (exact) mass is 344 g/mol. The number of aliphatic hydroxyl groups excluding tert-OH is 1. The van der Waals surface area contributed by atoms with Crippen LogP contribution in [0.25, 0.3) is 0 Å². The molecule has 0 aliphatic rings. The molecule has 1 unspecified atom stereocenters. The van der Waals surface area contributed by atoms with E-state index in [4.69, 9.17) is 9.47 Å². The number of carbonyl (C=O) groups excluding carboxylic acids is 1. The molecule has 0 bridgehead atoms. The first-order valence-corrected chi connectivity index (χ1v) is 7.59. The largest absolute Gasteiger partial charge is 0.478 e. The molecule has 0 aliphatic heterocycles. The number of rotatable bonds is 7. The van der Waals surface area contributed by atoms with Gasteiger partial charge in [-0.2, -0.15) is 0 Å². The van der Waals surface area contributed by atoms with E-state index in [1.165, 1.54) is 0 Å². The van der Waals surface area contributed by atoms with Crippen LogP contribution in [-0.2, 0) is 9.53 Å². The summed E-state index contributed by atoms with van der Waals surface area (Å²) in [4.78, 5) is 11.9. The number of hydrogen-bond acceptors (Lipinski definition) is 4. The molecule has 0 amide bonds. The van der Waals surface area contributed by atoms with Gasteiger partial charge in [-0.05, 0) is 38.5 Å². The van der Waals surface area contributed by atoms with Gasteiger partial charge in [0.2, 0.25) is 0 Å². The summed E-state index contributed by atoms with van der Waals surface area (Å²) in [6.45, 7) is 5.73. The van der Waals surface area contributed by atoms with E-state index in [9.17, 15) is 9.90 Å². The Bertz CT molecular complexity index is 445. The highest BCUT2D eigenvalue weighted by molar-refractivity contribution is 9.10. The van der Waals surface area contributed by atoms with Gasteiger partial charge in [0.1, 0.15) is 5.75 Å². The number of esters is 1. The summed E-state index contributed by atoms with van der Waals surface area (Å²) in [7, 11) is 0. The van der Waals surface area contributed by atoms with Crippen LogP contribution in [0.2, 0.25) is 0 Å². The molecule has 4 nitrogen and oxygen atoms in total. The Morgan fingerprint density at radius 3 is 2.65 bits per heavy atom. The number of carbonyl (C=O) groups is 1. The van der Waals surface area contributed by atoms with Gasteiger partial charge in [-0.1, -0.05) is 29.3 Å². The van der Waals surface area contributed by atoms with E-state index >= 15 is 0 Å². The lowest BCUT2D eigenvalue weighted by Crippen LogP contribution is -2.29. The van der Waals surface area contributed by atoms with E-state index in [1.54, 1.807) is 26.0 Å². The molecule has 0 saturated carbocycles. The van der Waals surface area contributed by atoms with Gasteiger partial charge in [0.25, 0.3) is 0 Å². The third-order valence-electron chi connectivity index (χ3n) is 2.79. The van der Waals surface area contributed by atoms with Crippen molar-refractivity contribution in [2.75, 3.05) is 6.61 Å². The van der Waals surface area contributed by atoms with E-state index in [1.807, 2.05) is 13.0 Å². The Kier molecular flexibility index (Phi) is 7.02. The molecule has 0 aliphatic carbocycles. The second-order valence-corrected chi connectivity index (χ2v) is 5.42. The van der Waals surface area contributed by atoms with E-state index < -0.39 is 12.2 Å². The Labute approximate surface area is 128 Å². The summed E-state index contributed by atoms with van der Waals surface area (Å²) in [6, 6.07) is 5.34. The molecule has 0 radical (unpaired) electrons. The Hall–Kier alpha value is -1.07. The minimum Gasteiger partial charge on any atom is -0.478 e. The smallest absolute Gasteiger partial charge is 0.347 e. The van der Waals surface area contributed by atoms with Crippen molar-refractivity contribution in [1.29, 1.82) is 0 Å². The lowest BCUT2D eigenvalue weighted by molar-refractivity contribution is -0.151. The van der Waals surface area contributed by atoms with Crippen molar-refractivity contribution in [3.63, 3.8) is 0 Å². The summed E-state index contributed by atoms with van der Waals surface area (Å²) >= 11 is 3.36. The predicted molar refractivity (Wildman–Crippen MR) is 80.7 cm³/mol. The van der Waals surface area contributed by atoms with Crippen molar-refractivity contribution in [3.05, 3.63) is 28.2 Å². The van der Waals surface area contributed by atoms with Crippen molar-refractivity contribution in [3.8, 4) is 5.75 Å². The fraction of sp³-hybridized carbons (Fsp3) is 0.533. The Balaban J connectivity index is 2.95. The zero-order valence-corrected chi connectivity index (χ0v) is 13.6. The molecular weight excluding hydrogens is 324 g/mol. The third kappa shape index (κ3) is 4.80. The molecule has 0 aromatic heterocycles. The zero-order valence-electron chi connectivity index (χ0n) is 12.1. The van der Waals surface area contributed by atoms with Crippen molar-refractivity contribution in [2.24, 2.45) is 0 Å². The molecule has 0 heterocycles. The molecule has 0 spiro atoms. The molecular formula is C15H21BrO4. The predicted octanol–water partition coefficient (Wildman–Crippen LogP) is 3.61. The highest BCUT2D eigenvalue weighted by Crippen LogP contribution is 2.29. The van der Waals surface area contributed by atoms with Crippen molar-refractivity contribution < 1.29 is 19.4 Å². The second kappa shape index (κ2) is 8.27. The van der Waals surface area contributed by atoms with Crippen LogP contribution in [0, 0.1) is 0 Å². The maximum absolute atomic E-state index is 11.9. The topological polar surface area (TPSA) is 55.8 Å². The molecule has 0 fully saturated rings. The normalized spacial score (nSPS) is 13.7. The summed E-state index contributed by atoms with van der Waals surface area (Å²) < 4.78 is 11.6. The fourth-order valence-electron chi connectivity index (χ4n) is 1.83. The van der Waals surface area contributed by atoms with Crippen LogP contribution in [0.15, 0.2) is 22.7 Å². The van der Waals surface area contributed by atoms with Gasteiger partial charge in [-0.15, -0.1) is 0 Å². The number of ether oxygens (including phenoxy) is 2. The Morgan fingerprint density at radius 1 is 1.40 bits per heavy atom. The van der Waals surface area contributed by atoms with Crippen LogP contribution in [-0.4, -0.2) is 23.8 Å². The van der Waals surface area contributed by atoms with Crippen LogP contribution in [0.4, 0.5) is 0 Å². The lowest BCUT2D eigenvalue weighted by atomic mass is 10.1. The van der Waals surface area contributed by atoms with Gasteiger partial charge in [0.05, 0.1) is 12.7 Å². The Morgan fingerprint density at radius 2 is 2.10 bits per heavy atom. The molecule has 1 aromatic carbocycles. The maximum Gasteiger partial charge on any atom is 0.347 e. The van der Waals surface area contributed by atoms with Gasteiger partial charge in [0, 0.05) is 10.0 Å². The molecule has 0 saturated heterocycles. The van der Waals surface area contributed by atoms with E-state index in [0.717, 1.165) is 10.9 Å². The van der Waals surface area contributed by atoms with Crippen molar-refractivity contribution in [2.45, 2.75) is 45.8 Å². The highest BCUT2D eigenvalue weighted by Gasteiger charge is 2.22. The van der Waals surface area contributed by atoms with E-state index in [2.05, 4.69) is 15.9 Å². The molecule has 1 N–H and O–H groups in total. The molecule has 5 heteroatoms. The standard InChI is InChI=1S/C15H21BrO4/c1-4-6-14(15(18)19-5-2)20-13-8-7-11(16)9-12(13)10(3)17/h7-10,14,17H,4-6H2,1-3H3/t10-,14?/m1/s1. The van der Waals surface area contributed by atoms with Gasteiger partial charge in [-0.3, -0.25) is 0 Å². The first kappa shape index (κ1) is 17.0. The van der Waals surface area contributed by atoms with E-state index in [0.29, 0.717) is 24.3 Å². The number of halogens is 1. The lowest BCUT2D eigenvalue weighted by Gasteiger charge is -2.20. The molecule has 2 atom stereocenters. The summed E-state index contributed by atoms with van der Waals surface area (Å²) in [6.07, 6.45) is 0.0728. The molecule has 112 valence electrons. The third-order valence-corrected chi connectivity index (χ3v) is 3.28. The van der Waals surface area contributed by atoms with Crippen LogP contribution < -0.4 is 4.74 Å². The van der Waals surface area contributed by atoms with Gasteiger partial charge < -0.3 is 14.6 Å². The average molecular weight is 345 g/mol. The number of hydrogen-bond donors (Lipinski definition) is 1. The van der Waals surface area contributed by atoms with Crippen molar-refractivity contribution in [1.82, 2.24) is 0 Å². The van der Waals surface area contributed by atoms with Crippen molar-refractivity contribution >= 4 is 21.9 Å². The number of aliphatic hydroxyl groups is 1. The second-order valence-electron chi connectivity index (χ2n) is 4.51. The zero-order chi connectivity index (χ0) is 15.1. The van der Waals surface area contributed by atoms with Crippen LogP contribution in [0.5, 0.6) is 5.75 Å². The van der Waals surface area contributed by atoms with Crippen LogP contribution in [0.3, 0.4) is 0 Å². The summed E-state index contributed by atoms with van der Waals surface area (Å²) in [5.41, 5.74) is 0.643. The van der Waals surface area contributed by atoms with Gasteiger partial charge >= 0.3 is 5.97 Å². The summed E-state index contributed by atoms with van der Waals surface area (Å²) in [5.74, 6) is 0.142. The quantitative estimate of drug-likeness (QED) is 0.767. The van der Waals surface area contributed by atoms with Gasteiger partial charge in [-0.25, -0.2) is 4.79 Å². The minimum atomic E-state index is -0.674. The SMILES string of the molecule is CCCC(Oc1ccc(Br)cc1[C@@H](C)O)C(=O)OCC. The molecule has 20 heavy (non-hydrogen) atoms. The first-order chi connectivity index (χ1) is 9.49. The molecule has 1 rings (SSSR count). The van der Waals surface area contributed by atoms with Gasteiger partial charge in [0.15, 0.2) is 6.10 Å². The average Bonchev–Trinajstić information content (AvgIpc) is 2.40. The van der Waals surface area contributed by atoms with E-state index in [-0.39, 0.29) is 5.97 Å². The van der Waals surface area contributed by atoms with Crippen LogP contribution >= 0.6 is 15.9 Å². The fourth-order valence-corrected chi connectivity index (χ4v) is 2.21. The summed E-state index contributed by atoms with van der Waals surface area (Å²) in [5, 5.41) is 9.80. The number of benzene rings is 1. The molecule has 1 aromatic rings. The maximum atomic E-state index is 11.9. The highest BCUT2D eigenvalue weighted by atomic mass is 79.9. The van der Waals surface area contributed by atoms with Crippen LogP contribution in [0.1, 0.15) is 45.3 Å².